The molecule has 0 bridgehead atoms. The zero-order valence-corrected chi connectivity index (χ0v) is 68.0. The Kier molecular flexibility index (Phi) is 74.6. The average molecular weight is 1510 g/mol. The highest BCUT2D eigenvalue weighted by molar-refractivity contribution is 7.47. The topological polar surface area (TPSA) is 237 Å². The second-order valence-corrected chi connectivity index (χ2v) is 31.0. The fourth-order valence-electron chi connectivity index (χ4n) is 11.5. The van der Waals surface area contributed by atoms with Crippen molar-refractivity contribution in [1.82, 2.24) is 0 Å². The molecule has 0 aromatic rings. The molecule has 0 aromatic heterocycles. The van der Waals surface area contributed by atoms with Crippen molar-refractivity contribution in [1.29, 1.82) is 0 Å². The van der Waals surface area contributed by atoms with Crippen molar-refractivity contribution in [3.05, 3.63) is 85.1 Å². The second-order valence-electron chi connectivity index (χ2n) is 28.1. The fourth-order valence-corrected chi connectivity index (χ4v) is 13.1. The number of aliphatic hydroxyl groups is 1. The van der Waals surface area contributed by atoms with E-state index in [1.54, 1.807) is 0 Å². The van der Waals surface area contributed by atoms with Gasteiger partial charge in [0.1, 0.15) is 19.3 Å². The number of esters is 4. The van der Waals surface area contributed by atoms with Gasteiger partial charge in [-0.05, 0) is 103 Å². The highest BCUT2D eigenvalue weighted by Gasteiger charge is 2.30. The smallest absolute Gasteiger partial charge is 0.462 e. The largest absolute Gasteiger partial charge is 0.472 e. The molecular formula is C85H152O17P2. The van der Waals surface area contributed by atoms with Crippen LogP contribution in [0.3, 0.4) is 0 Å². The number of allylic oxidation sites excluding steroid dienone is 14. The lowest BCUT2D eigenvalue weighted by molar-refractivity contribution is -0.161. The van der Waals surface area contributed by atoms with Crippen LogP contribution < -0.4 is 0 Å². The molecule has 2 unspecified atom stereocenters. The molecule has 0 amide bonds. The lowest BCUT2D eigenvalue weighted by Gasteiger charge is -2.21. The van der Waals surface area contributed by atoms with Gasteiger partial charge in [0, 0.05) is 25.7 Å². The van der Waals surface area contributed by atoms with Crippen LogP contribution in [0.2, 0.25) is 0 Å². The number of rotatable bonds is 79. The Morgan fingerprint density at radius 3 is 0.798 bits per heavy atom. The monoisotopic (exact) mass is 1510 g/mol. The lowest BCUT2D eigenvalue weighted by atomic mass is 10.0. The van der Waals surface area contributed by atoms with E-state index in [0.717, 1.165) is 141 Å². The summed E-state index contributed by atoms with van der Waals surface area (Å²) in [6.07, 6.45) is 81.2. The molecule has 3 N–H and O–H groups in total. The molecule has 104 heavy (non-hydrogen) atoms. The molecule has 0 aliphatic heterocycles. The van der Waals surface area contributed by atoms with Crippen molar-refractivity contribution in [2.24, 2.45) is 0 Å². The summed E-state index contributed by atoms with van der Waals surface area (Å²) in [5.41, 5.74) is 0. The number of phosphoric acid groups is 2. The third kappa shape index (κ3) is 76.4. The first-order valence-electron chi connectivity index (χ1n) is 41.8. The van der Waals surface area contributed by atoms with Crippen LogP contribution in [0.15, 0.2) is 85.1 Å². The Balaban J connectivity index is 5.37. The number of carbonyl (C=O) groups is 4. The third-order valence-corrected chi connectivity index (χ3v) is 19.8. The first-order valence-corrected chi connectivity index (χ1v) is 44.8. The molecule has 0 radical (unpaired) electrons. The summed E-state index contributed by atoms with van der Waals surface area (Å²) in [6.45, 7) is 4.77. The highest BCUT2D eigenvalue weighted by atomic mass is 31.2. The van der Waals surface area contributed by atoms with Crippen LogP contribution in [0.25, 0.3) is 0 Å². The Hall–Kier alpha value is -3.76. The van der Waals surface area contributed by atoms with Gasteiger partial charge in [-0.2, -0.15) is 0 Å². The molecule has 0 aromatic carbocycles. The highest BCUT2D eigenvalue weighted by Crippen LogP contribution is 2.45. The number of carbonyl (C=O) groups excluding carboxylic acids is 4. The molecule has 0 saturated heterocycles. The van der Waals surface area contributed by atoms with Crippen LogP contribution in [0.4, 0.5) is 0 Å². The molecule has 0 fully saturated rings. The maximum Gasteiger partial charge on any atom is 0.472 e. The minimum absolute atomic E-state index is 0.0825. The van der Waals surface area contributed by atoms with Gasteiger partial charge in [0.25, 0.3) is 0 Å². The zero-order valence-electron chi connectivity index (χ0n) is 66.2. The Labute approximate surface area is 634 Å². The van der Waals surface area contributed by atoms with Gasteiger partial charge in [0.15, 0.2) is 12.2 Å². The van der Waals surface area contributed by atoms with Crippen molar-refractivity contribution in [2.45, 2.75) is 393 Å². The SMILES string of the molecule is CC/C=C\C/C=C\C/C=C\C/C=C\C/C=C\CCCCCC(=O)OC[C@H](COP(=O)(O)OC[C@@H](O)COP(=O)(O)OC[C@@H](COC(=O)CCCCCCCCCCCCCCCCC)OC(=O)CCCCCCC/C=C\C/C=C\CCCCC)OC(=O)CCCCCCCCCCCCCCCCC. The van der Waals surface area contributed by atoms with Crippen LogP contribution in [0.5, 0.6) is 0 Å². The Morgan fingerprint density at radius 1 is 0.279 bits per heavy atom. The van der Waals surface area contributed by atoms with E-state index < -0.39 is 97.5 Å². The van der Waals surface area contributed by atoms with Crippen molar-refractivity contribution < 1.29 is 80.2 Å². The van der Waals surface area contributed by atoms with Crippen LogP contribution in [0, 0.1) is 0 Å². The Bertz CT molecular complexity index is 2300. The number of hydrogen-bond acceptors (Lipinski definition) is 15. The second kappa shape index (κ2) is 77.4. The van der Waals surface area contributed by atoms with E-state index in [1.807, 2.05) is 0 Å². The van der Waals surface area contributed by atoms with E-state index in [4.69, 9.17) is 37.0 Å². The van der Waals surface area contributed by atoms with Crippen molar-refractivity contribution in [3.63, 3.8) is 0 Å². The average Bonchev–Trinajstić information content (AvgIpc) is 0.918. The summed E-state index contributed by atoms with van der Waals surface area (Å²) >= 11 is 0. The summed E-state index contributed by atoms with van der Waals surface area (Å²) in [6, 6.07) is 0. The number of aliphatic hydroxyl groups excluding tert-OH is 1. The quantitative estimate of drug-likeness (QED) is 0.0169. The standard InChI is InChI=1S/C85H152O17P2/c1-5-9-13-17-21-25-29-33-37-38-39-40-44-46-50-54-58-62-66-70-83(88)96-76-81(102-85(90)72-68-64-60-56-52-48-43-36-32-28-24-20-16-12-8-4)78-100-104(93,94)98-74-79(86)73-97-103(91,92)99-77-80(101-84(89)71-67-63-59-55-51-47-42-35-31-27-23-19-15-11-7-3)75-95-82(87)69-65-61-57-53-49-45-41-34-30-26-22-18-14-10-6-2/h9,13,21,23,25,27,33,35,37,39-40,42,46,50,79-81,86H,5-8,10-12,14-20,22,24,26,28-32,34,36,38,41,43-45,47-49,51-78H2,1-4H3,(H,91,92)(H,93,94)/b13-9-,25-21-,27-23-,37-33-,40-39-,42-35-,50-46-/t79-,80+,81+/m0/s1. The molecule has 0 spiro atoms. The van der Waals surface area contributed by atoms with Gasteiger partial charge >= 0.3 is 39.5 Å². The minimum Gasteiger partial charge on any atom is -0.462 e. The number of unbranched alkanes of at least 4 members (excludes halogenated alkanes) is 39. The molecule has 5 atom stereocenters. The molecule has 0 saturated carbocycles. The molecule has 0 aliphatic carbocycles. The van der Waals surface area contributed by atoms with Crippen LogP contribution >= 0.6 is 15.6 Å². The lowest BCUT2D eigenvalue weighted by Crippen LogP contribution is -2.30. The van der Waals surface area contributed by atoms with E-state index in [9.17, 15) is 43.2 Å². The summed E-state index contributed by atoms with van der Waals surface area (Å²) in [4.78, 5) is 73.1. The molecule has 19 heteroatoms. The molecular weight excluding hydrogens is 1350 g/mol. The molecule has 17 nitrogen and oxygen atoms in total. The van der Waals surface area contributed by atoms with Crippen LogP contribution in [0.1, 0.15) is 374 Å². The van der Waals surface area contributed by atoms with Crippen LogP contribution in [-0.4, -0.2) is 96.7 Å². The maximum absolute atomic E-state index is 13.1. The van der Waals surface area contributed by atoms with Crippen molar-refractivity contribution in [2.75, 3.05) is 39.6 Å². The third-order valence-electron chi connectivity index (χ3n) is 17.9. The van der Waals surface area contributed by atoms with Gasteiger partial charge in [0.05, 0.1) is 26.4 Å². The van der Waals surface area contributed by atoms with E-state index in [2.05, 4.69) is 113 Å². The maximum atomic E-state index is 13.1. The van der Waals surface area contributed by atoms with Gasteiger partial charge in [-0.1, -0.05) is 331 Å². The van der Waals surface area contributed by atoms with Gasteiger partial charge in [-0.3, -0.25) is 37.3 Å². The number of hydrogen-bond donors (Lipinski definition) is 3. The molecule has 0 rings (SSSR count). The van der Waals surface area contributed by atoms with E-state index in [0.29, 0.717) is 25.7 Å². The summed E-state index contributed by atoms with van der Waals surface area (Å²) in [5, 5.41) is 10.7. The normalized spacial score (nSPS) is 14.3. The zero-order chi connectivity index (χ0) is 76.0. The van der Waals surface area contributed by atoms with Gasteiger partial charge in [-0.15, -0.1) is 0 Å². The summed E-state index contributed by atoms with van der Waals surface area (Å²) in [7, 11) is -9.96. The minimum atomic E-state index is -4.98. The molecule has 0 heterocycles. The van der Waals surface area contributed by atoms with E-state index >= 15 is 0 Å². The summed E-state index contributed by atoms with van der Waals surface area (Å²) in [5.74, 6) is -2.19. The fraction of sp³-hybridized carbons (Fsp3) is 0.788. The number of ether oxygens (including phenoxy) is 4. The molecule has 0 aliphatic rings. The summed E-state index contributed by atoms with van der Waals surface area (Å²) < 4.78 is 68.7. The van der Waals surface area contributed by atoms with Crippen molar-refractivity contribution in [3.8, 4) is 0 Å². The van der Waals surface area contributed by atoms with Gasteiger partial charge in [-0.25, -0.2) is 9.13 Å². The van der Waals surface area contributed by atoms with Crippen LogP contribution in [-0.2, 0) is 65.4 Å². The first kappa shape index (κ1) is 100. The van der Waals surface area contributed by atoms with E-state index in [-0.39, 0.29) is 25.7 Å². The van der Waals surface area contributed by atoms with Gasteiger partial charge < -0.3 is 33.8 Å². The Morgan fingerprint density at radius 2 is 0.500 bits per heavy atom. The van der Waals surface area contributed by atoms with E-state index in [1.165, 1.54) is 154 Å². The predicted octanol–water partition coefficient (Wildman–Crippen LogP) is 24.6. The number of phosphoric ester groups is 2. The van der Waals surface area contributed by atoms with Gasteiger partial charge in [0.2, 0.25) is 0 Å². The predicted molar refractivity (Wildman–Crippen MR) is 427 cm³/mol. The molecule has 604 valence electrons. The first-order chi connectivity index (χ1) is 50.7. The van der Waals surface area contributed by atoms with Crippen molar-refractivity contribution >= 4 is 39.5 Å².